The number of nitrogens with two attached hydrogens (primary N) is 1. The third-order valence-corrected chi connectivity index (χ3v) is 6.40. The van der Waals surface area contributed by atoms with Gasteiger partial charge < -0.3 is 10.5 Å². The van der Waals surface area contributed by atoms with E-state index in [1.165, 1.54) is 23.5 Å². The number of carbonyl (C=O) groups is 1. The van der Waals surface area contributed by atoms with E-state index in [4.69, 9.17) is 10.5 Å². The predicted octanol–water partition coefficient (Wildman–Crippen LogP) is 1.22. The molecular weight excluding hydrogens is 363 g/mol. The van der Waals surface area contributed by atoms with E-state index in [0.29, 0.717) is 12.8 Å². The number of carbonyl (C=O) groups excluding carboxylic acids is 1. The van der Waals surface area contributed by atoms with Crippen LogP contribution in [0.5, 0.6) is 5.75 Å². The Bertz CT molecular complexity index is 920. The molecule has 0 unspecified atom stereocenters. The molecule has 1 aliphatic rings. The van der Waals surface area contributed by atoms with Gasteiger partial charge in [0.25, 0.3) is 5.91 Å². The van der Waals surface area contributed by atoms with Gasteiger partial charge in [-0.3, -0.25) is 9.89 Å². The molecule has 2 aromatic rings. The van der Waals surface area contributed by atoms with Crippen molar-refractivity contribution in [3.05, 3.63) is 41.5 Å². The summed E-state index contributed by atoms with van der Waals surface area (Å²) in [5, 5.41) is 6.63. The molecule has 1 saturated heterocycles. The zero-order valence-electron chi connectivity index (χ0n) is 14.1. The maximum Gasteiger partial charge on any atom is 0.269 e. The molecule has 0 spiro atoms. The molecule has 140 valence electrons. The van der Waals surface area contributed by atoms with Gasteiger partial charge in [-0.15, -0.1) is 0 Å². The summed E-state index contributed by atoms with van der Waals surface area (Å²) in [7, 11) is -2.47. The topological polar surface area (TPSA) is 118 Å². The SMILES string of the molecule is COc1ccc(S(=O)(=O)N2CCC(c3cc(C(N)=O)n[nH]3)CC2)cc1F. The Morgan fingerprint density at radius 3 is 2.58 bits per heavy atom. The van der Waals surface area contributed by atoms with Crippen molar-refractivity contribution < 1.29 is 22.3 Å². The van der Waals surface area contributed by atoms with Crippen molar-refractivity contribution in [1.29, 1.82) is 0 Å². The number of sulfonamides is 1. The van der Waals surface area contributed by atoms with Gasteiger partial charge in [0.1, 0.15) is 5.69 Å². The Morgan fingerprint density at radius 2 is 2.04 bits per heavy atom. The third kappa shape index (κ3) is 3.42. The number of aromatic amines is 1. The average Bonchev–Trinajstić information content (AvgIpc) is 3.12. The summed E-state index contributed by atoms with van der Waals surface area (Å²) >= 11 is 0. The molecule has 3 N–H and O–H groups in total. The molecule has 0 atom stereocenters. The van der Waals surface area contributed by atoms with E-state index in [9.17, 15) is 17.6 Å². The lowest BCUT2D eigenvalue weighted by Crippen LogP contribution is -2.38. The number of rotatable bonds is 5. The van der Waals surface area contributed by atoms with Crippen molar-refractivity contribution in [2.24, 2.45) is 5.73 Å². The number of hydrogen-bond acceptors (Lipinski definition) is 5. The average molecular weight is 382 g/mol. The lowest BCUT2D eigenvalue weighted by atomic mass is 9.94. The van der Waals surface area contributed by atoms with E-state index in [2.05, 4.69) is 10.2 Å². The molecule has 0 bridgehead atoms. The second-order valence-corrected chi connectivity index (χ2v) is 7.99. The molecule has 1 aromatic carbocycles. The second kappa shape index (κ2) is 7.04. The van der Waals surface area contributed by atoms with Crippen LogP contribution in [0.3, 0.4) is 0 Å². The Labute approximate surface area is 150 Å². The molecule has 1 fully saturated rings. The summed E-state index contributed by atoms with van der Waals surface area (Å²) in [6.45, 7) is 0.567. The maximum atomic E-state index is 13.8. The largest absolute Gasteiger partial charge is 0.494 e. The quantitative estimate of drug-likeness (QED) is 0.806. The van der Waals surface area contributed by atoms with Gasteiger partial charge in [0.15, 0.2) is 11.6 Å². The van der Waals surface area contributed by atoms with Crippen molar-refractivity contribution in [2.75, 3.05) is 20.2 Å². The number of nitrogens with one attached hydrogen (secondary N) is 1. The highest BCUT2D eigenvalue weighted by atomic mass is 32.2. The lowest BCUT2D eigenvalue weighted by Gasteiger charge is -2.30. The standard InChI is InChI=1S/C16H19FN4O4S/c1-25-15-3-2-11(8-12(15)17)26(23,24)21-6-4-10(5-7-21)13-9-14(16(18)22)20-19-13/h2-3,8-10H,4-7H2,1H3,(H2,18,22)(H,19,20). The lowest BCUT2D eigenvalue weighted by molar-refractivity contribution is 0.0995. The van der Waals surface area contributed by atoms with Gasteiger partial charge in [-0.05, 0) is 37.1 Å². The van der Waals surface area contributed by atoms with E-state index in [0.717, 1.165) is 11.8 Å². The Hall–Kier alpha value is -2.46. The highest BCUT2D eigenvalue weighted by molar-refractivity contribution is 7.89. The van der Waals surface area contributed by atoms with Crippen molar-refractivity contribution in [3.63, 3.8) is 0 Å². The third-order valence-electron chi connectivity index (χ3n) is 4.50. The first-order valence-corrected chi connectivity index (χ1v) is 9.45. The number of primary amides is 1. The highest BCUT2D eigenvalue weighted by Crippen LogP contribution is 2.31. The van der Waals surface area contributed by atoms with Gasteiger partial charge in [0, 0.05) is 24.7 Å². The summed E-state index contributed by atoms with van der Waals surface area (Å²) in [6.07, 6.45) is 1.11. The molecule has 1 aromatic heterocycles. The number of benzene rings is 1. The number of amides is 1. The number of methoxy groups -OCH3 is 1. The van der Waals surface area contributed by atoms with Gasteiger partial charge in [-0.1, -0.05) is 0 Å². The van der Waals surface area contributed by atoms with E-state index < -0.39 is 21.7 Å². The van der Waals surface area contributed by atoms with Gasteiger partial charge >= 0.3 is 0 Å². The fraction of sp³-hybridized carbons (Fsp3) is 0.375. The summed E-state index contributed by atoms with van der Waals surface area (Å²) < 4.78 is 45.4. The first kappa shape index (κ1) is 18.3. The van der Waals surface area contributed by atoms with Crippen LogP contribution in [0.15, 0.2) is 29.2 Å². The van der Waals surface area contributed by atoms with Crippen molar-refractivity contribution in [3.8, 4) is 5.75 Å². The van der Waals surface area contributed by atoms with Crippen LogP contribution in [0.25, 0.3) is 0 Å². The number of nitrogens with zero attached hydrogens (tertiary/aromatic N) is 2. The molecule has 1 aliphatic heterocycles. The van der Waals surface area contributed by atoms with Gasteiger partial charge in [0.05, 0.1) is 12.0 Å². The highest BCUT2D eigenvalue weighted by Gasteiger charge is 2.31. The van der Waals surface area contributed by atoms with E-state index in [1.54, 1.807) is 6.07 Å². The molecule has 1 amide bonds. The van der Waals surface area contributed by atoms with Crippen LogP contribution < -0.4 is 10.5 Å². The normalized spacial score (nSPS) is 16.5. The van der Waals surface area contributed by atoms with E-state index >= 15 is 0 Å². The minimum absolute atomic E-state index is 0.00726. The summed E-state index contributed by atoms with van der Waals surface area (Å²) in [4.78, 5) is 11.0. The number of halogens is 1. The summed E-state index contributed by atoms with van der Waals surface area (Å²) in [5.74, 6) is -1.30. The first-order valence-electron chi connectivity index (χ1n) is 8.01. The predicted molar refractivity (Wildman–Crippen MR) is 90.8 cm³/mol. The number of hydrogen-bond donors (Lipinski definition) is 2. The van der Waals surface area contributed by atoms with Crippen LogP contribution in [0, 0.1) is 5.82 Å². The molecule has 10 heteroatoms. The van der Waals surface area contributed by atoms with Crippen LogP contribution in [0.4, 0.5) is 4.39 Å². The summed E-state index contributed by atoms with van der Waals surface area (Å²) in [5.41, 5.74) is 6.10. The van der Waals surface area contributed by atoms with E-state index in [1.807, 2.05) is 0 Å². The number of aromatic nitrogens is 2. The number of H-pyrrole nitrogens is 1. The zero-order chi connectivity index (χ0) is 18.9. The Balaban J connectivity index is 1.72. The minimum atomic E-state index is -3.79. The summed E-state index contributed by atoms with van der Waals surface area (Å²) in [6, 6.07) is 5.19. The number of ether oxygens (including phenoxy) is 1. The molecule has 0 aliphatic carbocycles. The molecule has 2 heterocycles. The molecule has 26 heavy (non-hydrogen) atoms. The zero-order valence-corrected chi connectivity index (χ0v) is 14.9. The van der Waals surface area contributed by atoms with E-state index in [-0.39, 0.29) is 35.3 Å². The van der Waals surface area contributed by atoms with Gasteiger partial charge in [-0.2, -0.15) is 9.40 Å². The number of piperidine rings is 1. The fourth-order valence-corrected chi connectivity index (χ4v) is 4.52. The van der Waals surface area contributed by atoms with Crippen LogP contribution in [0.1, 0.15) is 34.9 Å². The molecule has 0 saturated carbocycles. The monoisotopic (exact) mass is 382 g/mol. The van der Waals surface area contributed by atoms with Crippen LogP contribution >= 0.6 is 0 Å². The van der Waals surface area contributed by atoms with Gasteiger partial charge in [0.2, 0.25) is 10.0 Å². The Kier molecular flexibility index (Phi) is 4.97. The maximum absolute atomic E-state index is 13.8. The second-order valence-electron chi connectivity index (χ2n) is 6.05. The van der Waals surface area contributed by atoms with Crippen LogP contribution in [0.2, 0.25) is 0 Å². The fourth-order valence-electron chi connectivity index (χ4n) is 3.04. The van der Waals surface area contributed by atoms with Crippen molar-refractivity contribution in [2.45, 2.75) is 23.7 Å². The van der Waals surface area contributed by atoms with Crippen molar-refractivity contribution >= 4 is 15.9 Å². The Morgan fingerprint density at radius 1 is 1.35 bits per heavy atom. The molecule has 0 radical (unpaired) electrons. The van der Waals surface area contributed by atoms with Crippen molar-refractivity contribution in [1.82, 2.24) is 14.5 Å². The first-order chi connectivity index (χ1) is 12.3. The molecule has 8 nitrogen and oxygen atoms in total. The van der Waals surface area contributed by atoms with Gasteiger partial charge in [-0.25, -0.2) is 12.8 Å². The van der Waals surface area contributed by atoms with Crippen LogP contribution in [-0.4, -0.2) is 49.0 Å². The van der Waals surface area contributed by atoms with Crippen LogP contribution in [-0.2, 0) is 10.0 Å². The molecular formula is C16H19FN4O4S. The molecule has 3 rings (SSSR count). The smallest absolute Gasteiger partial charge is 0.269 e. The minimum Gasteiger partial charge on any atom is -0.494 e.